The molecule has 0 spiro atoms. The molecule has 0 saturated carbocycles. The van der Waals surface area contributed by atoms with Crippen molar-refractivity contribution in [3.8, 4) is 0 Å². The van der Waals surface area contributed by atoms with Crippen molar-refractivity contribution in [2.75, 3.05) is 6.54 Å². The van der Waals surface area contributed by atoms with Crippen molar-refractivity contribution in [1.82, 2.24) is 10.6 Å². The Kier molecular flexibility index (Phi) is 18.0. The quantitative estimate of drug-likeness (QED) is 0.0937. The summed E-state index contributed by atoms with van der Waals surface area (Å²) < 4.78 is 0.813. The number of nitrogens with one attached hydrogen (secondary N) is 2. The first-order valence-electron chi connectivity index (χ1n) is 14.8. The highest BCUT2D eigenvalue weighted by Gasteiger charge is 2.41. The second-order valence-electron chi connectivity index (χ2n) is 10.5. The van der Waals surface area contributed by atoms with Gasteiger partial charge in [-0.15, -0.1) is 0 Å². The van der Waals surface area contributed by atoms with Gasteiger partial charge in [-0.2, -0.15) is 0 Å². The molecular weight excluding hydrogens is 418 g/mol. The molecule has 0 aromatic carbocycles. The van der Waals surface area contributed by atoms with Gasteiger partial charge in [0.05, 0.1) is 12.7 Å². The Bertz CT molecular complexity index is 559. The van der Waals surface area contributed by atoms with Crippen LogP contribution in [0.3, 0.4) is 0 Å². The van der Waals surface area contributed by atoms with Crippen LogP contribution in [0.1, 0.15) is 143 Å². The first kappa shape index (κ1) is 30.7. The van der Waals surface area contributed by atoms with E-state index in [4.69, 9.17) is 0 Å². The molecule has 34 heavy (non-hydrogen) atoms. The first-order valence-corrected chi connectivity index (χ1v) is 14.8. The maximum absolute atomic E-state index is 11.5. The summed E-state index contributed by atoms with van der Waals surface area (Å²) in [5, 5.41) is 6.65. The number of nitrogens with zero attached hydrogens (tertiary/aromatic N) is 1. The molecule has 4 heteroatoms. The normalized spacial score (nSPS) is 20.6. The fourth-order valence-electron chi connectivity index (χ4n) is 5.39. The summed E-state index contributed by atoms with van der Waals surface area (Å²) >= 11 is 0. The lowest BCUT2D eigenvalue weighted by Gasteiger charge is -2.41. The van der Waals surface area contributed by atoms with Gasteiger partial charge in [0.1, 0.15) is 6.20 Å². The van der Waals surface area contributed by atoms with Crippen LogP contribution in [0.4, 0.5) is 0 Å². The van der Waals surface area contributed by atoms with Gasteiger partial charge in [-0.05, 0) is 39.0 Å². The number of hydrogen-bond acceptors (Lipinski definition) is 2. The van der Waals surface area contributed by atoms with Crippen molar-refractivity contribution in [1.29, 1.82) is 0 Å². The lowest BCUT2D eigenvalue weighted by atomic mass is 10.0. The molecule has 1 aliphatic heterocycles. The van der Waals surface area contributed by atoms with Gasteiger partial charge in [-0.3, -0.25) is 9.28 Å². The van der Waals surface area contributed by atoms with Gasteiger partial charge in [0.2, 0.25) is 5.91 Å². The van der Waals surface area contributed by atoms with E-state index in [-0.39, 0.29) is 12.1 Å². The third-order valence-corrected chi connectivity index (χ3v) is 7.64. The van der Waals surface area contributed by atoms with E-state index in [1.54, 1.807) is 6.92 Å². The Balaban J connectivity index is 1.95. The van der Waals surface area contributed by atoms with E-state index in [0.29, 0.717) is 6.17 Å². The molecule has 1 aliphatic rings. The van der Waals surface area contributed by atoms with Crippen molar-refractivity contribution >= 4 is 5.91 Å². The first-order chi connectivity index (χ1) is 16.6. The molecule has 0 bridgehead atoms. The van der Waals surface area contributed by atoms with Crippen molar-refractivity contribution in [3.63, 3.8) is 0 Å². The molecule has 4 nitrogen and oxygen atoms in total. The molecule has 1 amide bonds. The zero-order chi connectivity index (χ0) is 24.9. The number of rotatable bonds is 22. The fourth-order valence-corrected chi connectivity index (χ4v) is 5.39. The van der Waals surface area contributed by atoms with Gasteiger partial charge in [0.25, 0.3) is 0 Å². The summed E-state index contributed by atoms with van der Waals surface area (Å²) in [6.45, 7) is 9.23. The third kappa shape index (κ3) is 13.0. The van der Waals surface area contributed by atoms with Crippen LogP contribution < -0.4 is 10.6 Å². The Morgan fingerprint density at radius 3 is 1.85 bits per heavy atom. The van der Waals surface area contributed by atoms with Crippen LogP contribution in [0.25, 0.3) is 0 Å². The van der Waals surface area contributed by atoms with E-state index in [1.807, 2.05) is 0 Å². The average Bonchev–Trinajstić information content (AvgIpc) is 3.24. The van der Waals surface area contributed by atoms with Crippen molar-refractivity contribution in [2.24, 2.45) is 0 Å². The number of allylic oxidation sites excluding steroid dienone is 2. The number of carbonyl (C=O) groups excluding carboxylic acids is 1. The maximum Gasteiger partial charge on any atom is 0.221 e. The molecule has 2 N–H and O–H groups in total. The second-order valence-corrected chi connectivity index (χ2v) is 10.5. The lowest BCUT2D eigenvalue weighted by molar-refractivity contribution is -0.923. The molecule has 3 unspecified atom stereocenters. The Morgan fingerprint density at radius 2 is 1.35 bits per heavy atom. The number of amides is 1. The van der Waals surface area contributed by atoms with E-state index in [0.717, 1.165) is 17.4 Å². The molecule has 3 atom stereocenters. The minimum absolute atomic E-state index is 0.0528. The summed E-state index contributed by atoms with van der Waals surface area (Å²) in [4.78, 5) is 11.5. The van der Waals surface area contributed by atoms with E-state index >= 15 is 0 Å². The highest BCUT2D eigenvalue weighted by molar-refractivity contribution is 5.72. The second kappa shape index (κ2) is 20.0. The third-order valence-electron chi connectivity index (χ3n) is 7.64. The standard InChI is InChI=1S/C30H57N3O/c1-5-7-8-9-10-11-12-13-14-15-16-17-18-19-20-21-22-23-24-25-30-31-26-27-33(30,6-2)28(3)32-29(4)34/h14-15,26-28,30-31H,5-13,16-25H2,1-4H3/p+1/b15-14+. The summed E-state index contributed by atoms with van der Waals surface area (Å²) in [6, 6.07) is 0. The molecular formula is C30H58N3O+. The Morgan fingerprint density at radius 1 is 0.853 bits per heavy atom. The predicted molar refractivity (Wildman–Crippen MR) is 148 cm³/mol. The van der Waals surface area contributed by atoms with Gasteiger partial charge < -0.3 is 10.6 Å². The smallest absolute Gasteiger partial charge is 0.221 e. The van der Waals surface area contributed by atoms with Gasteiger partial charge in [0, 0.05) is 20.3 Å². The molecule has 0 aliphatic carbocycles. The van der Waals surface area contributed by atoms with Gasteiger partial charge in [0.15, 0.2) is 12.3 Å². The predicted octanol–water partition coefficient (Wildman–Crippen LogP) is 8.30. The molecule has 0 aromatic rings. The van der Waals surface area contributed by atoms with Crippen molar-refractivity contribution in [3.05, 3.63) is 24.6 Å². The van der Waals surface area contributed by atoms with E-state index in [2.05, 4.69) is 56.0 Å². The zero-order valence-corrected chi connectivity index (χ0v) is 23.3. The molecule has 198 valence electrons. The van der Waals surface area contributed by atoms with Crippen molar-refractivity contribution < 1.29 is 9.28 Å². The monoisotopic (exact) mass is 476 g/mol. The Labute approximate surface area is 212 Å². The molecule has 0 radical (unpaired) electrons. The van der Waals surface area contributed by atoms with Gasteiger partial charge in [-0.25, -0.2) is 0 Å². The van der Waals surface area contributed by atoms with Gasteiger partial charge in [-0.1, -0.05) is 96.1 Å². The molecule has 0 aromatic heterocycles. The number of quaternary nitrogens is 1. The lowest BCUT2D eigenvalue weighted by Crippen LogP contribution is -2.62. The van der Waals surface area contributed by atoms with Gasteiger partial charge >= 0.3 is 0 Å². The van der Waals surface area contributed by atoms with E-state index in [9.17, 15) is 4.79 Å². The average molecular weight is 477 g/mol. The summed E-state index contributed by atoms with van der Waals surface area (Å²) in [5.41, 5.74) is 0. The number of unbranched alkanes of at least 4 members (excludes halogenated alkanes) is 15. The fraction of sp³-hybridized carbons (Fsp3) is 0.833. The van der Waals surface area contributed by atoms with Crippen LogP contribution >= 0.6 is 0 Å². The highest BCUT2D eigenvalue weighted by atomic mass is 16.1. The maximum atomic E-state index is 11.5. The van der Waals surface area contributed by atoms with Crippen LogP contribution in [0.15, 0.2) is 24.6 Å². The molecule has 1 heterocycles. The van der Waals surface area contributed by atoms with Crippen LogP contribution in [0.5, 0.6) is 0 Å². The summed E-state index contributed by atoms with van der Waals surface area (Å²) in [5.74, 6) is 0.0528. The van der Waals surface area contributed by atoms with Crippen molar-refractivity contribution in [2.45, 2.75) is 156 Å². The topological polar surface area (TPSA) is 41.1 Å². The highest BCUT2D eigenvalue weighted by Crippen LogP contribution is 2.26. The van der Waals surface area contributed by atoms with E-state index in [1.165, 1.54) is 109 Å². The Hall–Kier alpha value is -1.29. The molecule has 0 saturated heterocycles. The molecule has 0 fully saturated rings. The summed E-state index contributed by atoms with van der Waals surface area (Å²) in [6.07, 6.45) is 34.0. The van der Waals surface area contributed by atoms with Crippen LogP contribution in [-0.4, -0.2) is 29.3 Å². The zero-order valence-electron chi connectivity index (χ0n) is 23.3. The largest absolute Gasteiger partial charge is 0.338 e. The minimum Gasteiger partial charge on any atom is -0.338 e. The number of carbonyl (C=O) groups is 1. The summed E-state index contributed by atoms with van der Waals surface area (Å²) in [7, 11) is 0. The van der Waals surface area contributed by atoms with Crippen LogP contribution in [0.2, 0.25) is 0 Å². The minimum atomic E-state index is 0.0528. The van der Waals surface area contributed by atoms with E-state index < -0.39 is 0 Å². The van der Waals surface area contributed by atoms with Crippen LogP contribution in [0, 0.1) is 0 Å². The SMILES string of the molecule is CCCCCCCCC/C=C/CCCCCCCCCCC1NC=C[N+]1(CC)C(C)NC(C)=O. The molecule has 1 rings (SSSR count). The van der Waals surface area contributed by atoms with Crippen LogP contribution in [-0.2, 0) is 4.79 Å². The number of hydrogen-bond donors (Lipinski definition) is 2.